The lowest BCUT2D eigenvalue weighted by molar-refractivity contribution is -0.129. The molecule has 1 fully saturated rings. The molecule has 1 saturated heterocycles. The van der Waals surface area contributed by atoms with Crippen molar-refractivity contribution in [1.29, 1.82) is 0 Å². The van der Waals surface area contributed by atoms with Crippen molar-refractivity contribution in [2.75, 3.05) is 19.6 Å². The fourth-order valence-electron chi connectivity index (χ4n) is 3.18. The number of hydrogen-bond acceptors (Lipinski definition) is 5. The van der Waals surface area contributed by atoms with Crippen LogP contribution in [-0.2, 0) is 24.7 Å². The summed E-state index contributed by atoms with van der Waals surface area (Å²) in [5.41, 5.74) is 0. The van der Waals surface area contributed by atoms with Crippen LogP contribution in [0.3, 0.4) is 0 Å². The Balaban J connectivity index is 1.55. The van der Waals surface area contributed by atoms with E-state index in [-0.39, 0.29) is 35.2 Å². The maximum atomic E-state index is 12.7. The number of carbonyl (C=O) groups excluding carboxylic acids is 1. The molecule has 29 heavy (non-hydrogen) atoms. The SMILES string of the molecule is O=C(CCNS(=O)(=O)c1cccc(Cl)c1)N1CCC(S(=O)(=O)c2ccccc2)C1. The number of carbonyl (C=O) groups is 1. The number of likely N-dealkylation sites (tertiary alicyclic amines) is 1. The smallest absolute Gasteiger partial charge is 0.240 e. The minimum absolute atomic E-state index is 0.0210. The first-order valence-electron chi connectivity index (χ1n) is 9.02. The third-order valence-corrected chi connectivity index (χ3v) is 8.63. The predicted octanol–water partition coefficient (Wildman–Crippen LogP) is 2.08. The van der Waals surface area contributed by atoms with Crippen LogP contribution in [-0.4, -0.2) is 52.5 Å². The zero-order valence-corrected chi connectivity index (χ0v) is 17.9. The summed E-state index contributed by atoms with van der Waals surface area (Å²) in [6, 6.07) is 14.0. The first-order valence-corrected chi connectivity index (χ1v) is 12.4. The molecule has 3 rings (SSSR count). The molecule has 0 bridgehead atoms. The second-order valence-corrected chi connectivity index (χ2v) is 11.1. The van der Waals surface area contributed by atoms with Gasteiger partial charge in [0.1, 0.15) is 0 Å². The fourth-order valence-corrected chi connectivity index (χ4v) is 6.22. The highest BCUT2D eigenvalue weighted by Gasteiger charge is 2.35. The summed E-state index contributed by atoms with van der Waals surface area (Å²) in [4.78, 5) is 14.1. The van der Waals surface area contributed by atoms with Crippen LogP contribution in [0, 0.1) is 0 Å². The van der Waals surface area contributed by atoms with Gasteiger partial charge in [-0.25, -0.2) is 21.6 Å². The molecule has 1 atom stereocenters. The maximum Gasteiger partial charge on any atom is 0.240 e. The van der Waals surface area contributed by atoms with Crippen LogP contribution in [0.5, 0.6) is 0 Å². The highest BCUT2D eigenvalue weighted by atomic mass is 35.5. The van der Waals surface area contributed by atoms with Crippen molar-refractivity contribution in [1.82, 2.24) is 9.62 Å². The van der Waals surface area contributed by atoms with E-state index in [1.807, 2.05) is 0 Å². The first-order chi connectivity index (χ1) is 13.7. The predicted molar refractivity (Wildman–Crippen MR) is 110 cm³/mol. The zero-order valence-electron chi connectivity index (χ0n) is 15.5. The summed E-state index contributed by atoms with van der Waals surface area (Å²) in [6.07, 6.45) is 0.301. The number of rotatable bonds is 7. The van der Waals surface area contributed by atoms with Gasteiger partial charge in [0.15, 0.2) is 9.84 Å². The van der Waals surface area contributed by atoms with Crippen LogP contribution in [0.1, 0.15) is 12.8 Å². The van der Waals surface area contributed by atoms with Crippen molar-refractivity contribution in [2.45, 2.75) is 27.9 Å². The van der Waals surface area contributed by atoms with Gasteiger partial charge in [-0.1, -0.05) is 35.9 Å². The maximum absolute atomic E-state index is 12.7. The Bertz CT molecular complexity index is 1090. The molecule has 10 heteroatoms. The number of benzene rings is 2. The molecule has 1 aliphatic rings. The van der Waals surface area contributed by atoms with Gasteiger partial charge in [0.2, 0.25) is 15.9 Å². The van der Waals surface area contributed by atoms with Crippen LogP contribution < -0.4 is 4.72 Å². The molecular formula is C19H21ClN2O5S2. The topological polar surface area (TPSA) is 101 Å². The third kappa shape index (κ3) is 5.16. The van der Waals surface area contributed by atoms with E-state index >= 15 is 0 Å². The van der Waals surface area contributed by atoms with E-state index in [1.165, 1.54) is 23.1 Å². The number of sulfone groups is 1. The number of hydrogen-bond donors (Lipinski definition) is 1. The van der Waals surface area contributed by atoms with Crippen LogP contribution in [0.15, 0.2) is 64.4 Å². The van der Waals surface area contributed by atoms with E-state index in [9.17, 15) is 21.6 Å². The van der Waals surface area contributed by atoms with Crippen LogP contribution in [0.4, 0.5) is 0 Å². The van der Waals surface area contributed by atoms with Crippen molar-refractivity contribution in [2.24, 2.45) is 0 Å². The van der Waals surface area contributed by atoms with Gasteiger partial charge in [0.05, 0.1) is 15.0 Å². The Morgan fingerprint density at radius 1 is 1.03 bits per heavy atom. The third-order valence-electron chi connectivity index (χ3n) is 4.75. The quantitative estimate of drug-likeness (QED) is 0.687. The van der Waals surface area contributed by atoms with Gasteiger partial charge in [-0.3, -0.25) is 4.79 Å². The molecule has 0 spiro atoms. The van der Waals surface area contributed by atoms with Crippen molar-refractivity contribution in [3.05, 3.63) is 59.6 Å². The molecule has 1 unspecified atom stereocenters. The number of nitrogens with zero attached hydrogens (tertiary/aromatic N) is 1. The Hall–Kier alpha value is -1.94. The van der Waals surface area contributed by atoms with Crippen LogP contribution >= 0.6 is 11.6 Å². The largest absolute Gasteiger partial charge is 0.341 e. The summed E-state index contributed by atoms with van der Waals surface area (Å²) < 4.78 is 52.3. The van der Waals surface area contributed by atoms with E-state index in [0.717, 1.165) is 0 Å². The van der Waals surface area contributed by atoms with Crippen LogP contribution in [0.2, 0.25) is 5.02 Å². The van der Waals surface area contributed by atoms with Gasteiger partial charge in [-0.05, 0) is 36.8 Å². The fraction of sp³-hybridized carbons (Fsp3) is 0.316. The molecule has 7 nitrogen and oxygen atoms in total. The van der Waals surface area contributed by atoms with Crippen molar-refractivity contribution in [3.8, 4) is 0 Å². The second kappa shape index (κ2) is 8.83. The summed E-state index contributed by atoms with van der Waals surface area (Å²) >= 11 is 5.81. The molecule has 1 N–H and O–H groups in total. The number of halogens is 1. The minimum Gasteiger partial charge on any atom is -0.341 e. The summed E-state index contributed by atoms with van der Waals surface area (Å²) in [5, 5.41) is -0.358. The summed E-state index contributed by atoms with van der Waals surface area (Å²) in [7, 11) is -7.28. The van der Waals surface area contributed by atoms with Gasteiger partial charge in [-0.15, -0.1) is 0 Å². The first kappa shape index (κ1) is 21.8. The van der Waals surface area contributed by atoms with Crippen molar-refractivity contribution in [3.63, 3.8) is 0 Å². The molecule has 0 aliphatic carbocycles. The van der Waals surface area contributed by atoms with Gasteiger partial charge < -0.3 is 4.90 Å². The Labute approximate surface area is 175 Å². The minimum atomic E-state index is -3.77. The van der Waals surface area contributed by atoms with Gasteiger partial charge in [0, 0.05) is 31.1 Å². The molecular weight excluding hydrogens is 436 g/mol. The van der Waals surface area contributed by atoms with Gasteiger partial charge in [-0.2, -0.15) is 0 Å². The van der Waals surface area contributed by atoms with Gasteiger partial charge >= 0.3 is 0 Å². The van der Waals surface area contributed by atoms with E-state index in [0.29, 0.717) is 18.0 Å². The lowest BCUT2D eigenvalue weighted by Crippen LogP contribution is -2.34. The zero-order chi connectivity index (χ0) is 21.1. The van der Waals surface area contributed by atoms with Crippen LogP contribution in [0.25, 0.3) is 0 Å². The molecule has 156 valence electrons. The number of sulfonamides is 1. The molecule has 2 aromatic rings. The molecule has 0 saturated carbocycles. The normalized spacial score (nSPS) is 17.4. The van der Waals surface area contributed by atoms with E-state index in [4.69, 9.17) is 11.6 Å². The summed E-state index contributed by atoms with van der Waals surface area (Å²) in [5.74, 6) is -0.287. The van der Waals surface area contributed by atoms with E-state index < -0.39 is 25.1 Å². The van der Waals surface area contributed by atoms with E-state index in [1.54, 1.807) is 36.4 Å². The molecule has 2 aromatic carbocycles. The van der Waals surface area contributed by atoms with Crippen molar-refractivity contribution >= 4 is 37.4 Å². The molecule has 1 heterocycles. The second-order valence-electron chi connectivity index (χ2n) is 6.71. The van der Waals surface area contributed by atoms with E-state index in [2.05, 4.69) is 4.72 Å². The summed E-state index contributed by atoms with van der Waals surface area (Å²) in [6.45, 7) is 0.355. The monoisotopic (exact) mass is 456 g/mol. The number of nitrogens with one attached hydrogen (secondary N) is 1. The average molecular weight is 457 g/mol. The molecule has 0 radical (unpaired) electrons. The lowest BCUT2D eigenvalue weighted by atomic mass is 10.4. The Kier molecular flexibility index (Phi) is 6.62. The van der Waals surface area contributed by atoms with Crippen molar-refractivity contribution < 1.29 is 21.6 Å². The average Bonchev–Trinajstić information content (AvgIpc) is 3.20. The highest BCUT2D eigenvalue weighted by molar-refractivity contribution is 7.92. The molecule has 1 aliphatic heterocycles. The standard InChI is InChI=1S/C19H21ClN2O5S2/c20-15-5-4-8-17(13-15)29(26,27)21-11-9-19(23)22-12-10-18(14-22)28(24,25)16-6-2-1-3-7-16/h1-8,13,18,21H,9-12,14H2. The Morgan fingerprint density at radius 2 is 1.72 bits per heavy atom. The molecule has 1 amide bonds. The Morgan fingerprint density at radius 3 is 2.41 bits per heavy atom. The molecule has 0 aromatic heterocycles. The lowest BCUT2D eigenvalue weighted by Gasteiger charge is -2.17. The number of amides is 1. The van der Waals surface area contributed by atoms with Gasteiger partial charge in [0.25, 0.3) is 0 Å². The highest BCUT2D eigenvalue weighted by Crippen LogP contribution is 2.24.